The van der Waals surface area contributed by atoms with E-state index in [1.54, 1.807) is 12.1 Å². The molecule has 0 aromatic heterocycles. The van der Waals surface area contributed by atoms with Gasteiger partial charge in [0.05, 0.1) is 11.5 Å². The van der Waals surface area contributed by atoms with E-state index in [1.165, 1.54) is 0 Å². The summed E-state index contributed by atoms with van der Waals surface area (Å²) in [5, 5.41) is 2.74. The van der Waals surface area contributed by atoms with Crippen LogP contribution in [0, 0.1) is 5.92 Å². The van der Waals surface area contributed by atoms with Gasteiger partial charge in [-0.05, 0) is 25.0 Å². The predicted octanol–water partition coefficient (Wildman–Crippen LogP) is 3.13. The van der Waals surface area contributed by atoms with Crippen molar-refractivity contribution in [3.8, 4) is 5.75 Å². The number of hydrogen-bond acceptors (Lipinski definition) is 3. The number of benzene rings is 1. The van der Waals surface area contributed by atoms with Gasteiger partial charge in [-0.15, -0.1) is 6.58 Å². The maximum absolute atomic E-state index is 12.7. The SMILES string of the molecule is C=CCNC(=O)CCC1C(=O)c2ccccc2OC1CCC. The second kappa shape index (κ2) is 7.78. The number of ether oxygens (including phenoxy) is 1. The smallest absolute Gasteiger partial charge is 0.220 e. The van der Waals surface area contributed by atoms with E-state index in [-0.39, 0.29) is 23.7 Å². The molecule has 0 saturated carbocycles. The number of carbonyl (C=O) groups excluding carboxylic acids is 2. The molecule has 2 atom stereocenters. The van der Waals surface area contributed by atoms with Crippen LogP contribution in [0.5, 0.6) is 5.75 Å². The minimum atomic E-state index is -0.246. The van der Waals surface area contributed by atoms with Crippen LogP contribution in [-0.4, -0.2) is 24.3 Å². The van der Waals surface area contributed by atoms with E-state index in [1.807, 2.05) is 18.2 Å². The quantitative estimate of drug-likeness (QED) is 0.787. The molecule has 1 aromatic rings. The average molecular weight is 301 g/mol. The monoisotopic (exact) mass is 301 g/mol. The minimum Gasteiger partial charge on any atom is -0.489 e. The maximum Gasteiger partial charge on any atom is 0.220 e. The number of fused-ring (bicyclic) bond motifs is 1. The summed E-state index contributed by atoms with van der Waals surface area (Å²) in [7, 11) is 0. The zero-order valence-electron chi connectivity index (χ0n) is 13.0. The zero-order valence-corrected chi connectivity index (χ0v) is 13.0. The Morgan fingerprint density at radius 3 is 2.86 bits per heavy atom. The van der Waals surface area contributed by atoms with Gasteiger partial charge in [-0.25, -0.2) is 0 Å². The minimum absolute atomic E-state index is 0.0539. The summed E-state index contributed by atoms with van der Waals surface area (Å²) in [6.45, 7) is 6.09. The van der Waals surface area contributed by atoms with Crippen LogP contribution in [0.4, 0.5) is 0 Å². The van der Waals surface area contributed by atoms with Gasteiger partial charge >= 0.3 is 0 Å². The first kappa shape index (κ1) is 16.3. The molecule has 4 heteroatoms. The fraction of sp³-hybridized carbons (Fsp3) is 0.444. The van der Waals surface area contributed by atoms with Crippen LogP contribution in [0.2, 0.25) is 0 Å². The predicted molar refractivity (Wildman–Crippen MR) is 86.0 cm³/mol. The number of Topliss-reactive ketones (excluding diaryl/α,β-unsaturated/α-hetero) is 1. The second-order valence-electron chi connectivity index (χ2n) is 5.54. The van der Waals surface area contributed by atoms with Crippen LogP contribution >= 0.6 is 0 Å². The Hall–Kier alpha value is -2.10. The van der Waals surface area contributed by atoms with Crippen molar-refractivity contribution in [1.82, 2.24) is 5.32 Å². The van der Waals surface area contributed by atoms with Crippen molar-refractivity contribution in [3.63, 3.8) is 0 Å². The Balaban J connectivity index is 2.08. The summed E-state index contributed by atoms with van der Waals surface area (Å²) in [5.41, 5.74) is 0.631. The second-order valence-corrected chi connectivity index (χ2v) is 5.54. The Kier molecular flexibility index (Phi) is 5.75. The molecule has 1 heterocycles. The number of hydrogen-bond donors (Lipinski definition) is 1. The summed E-state index contributed by atoms with van der Waals surface area (Å²) in [5.74, 6) is 0.460. The molecule has 0 radical (unpaired) electrons. The van der Waals surface area contributed by atoms with Crippen LogP contribution in [0.15, 0.2) is 36.9 Å². The highest BCUT2D eigenvalue weighted by atomic mass is 16.5. The third-order valence-corrected chi connectivity index (χ3v) is 3.92. The molecule has 1 N–H and O–H groups in total. The van der Waals surface area contributed by atoms with Crippen molar-refractivity contribution in [2.75, 3.05) is 6.54 Å². The Bertz CT molecular complexity index is 553. The molecule has 0 spiro atoms. The first-order valence-corrected chi connectivity index (χ1v) is 7.84. The largest absolute Gasteiger partial charge is 0.489 e. The molecule has 2 rings (SSSR count). The van der Waals surface area contributed by atoms with Gasteiger partial charge in [0, 0.05) is 13.0 Å². The fourth-order valence-electron chi connectivity index (χ4n) is 2.81. The summed E-state index contributed by atoms with van der Waals surface area (Å²) in [6, 6.07) is 7.35. The molecule has 1 aromatic carbocycles. The van der Waals surface area contributed by atoms with E-state index in [0.29, 0.717) is 30.7 Å². The highest BCUT2D eigenvalue weighted by Gasteiger charge is 2.36. The average Bonchev–Trinajstić information content (AvgIpc) is 2.53. The van der Waals surface area contributed by atoms with Crippen molar-refractivity contribution in [3.05, 3.63) is 42.5 Å². The lowest BCUT2D eigenvalue weighted by Crippen LogP contribution is -2.38. The lowest BCUT2D eigenvalue weighted by atomic mass is 9.84. The molecule has 1 aliphatic heterocycles. The van der Waals surface area contributed by atoms with Gasteiger partial charge in [0.25, 0.3) is 0 Å². The summed E-state index contributed by atoms with van der Waals surface area (Å²) < 4.78 is 6.00. The molecule has 4 nitrogen and oxygen atoms in total. The first-order chi connectivity index (χ1) is 10.7. The summed E-state index contributed by atoms with van der Waals surface area (Å²) in [6.07, 6.45) is 4.11. The topological polar surface area (TPSA) is 55.4 Å². The van der Waals surface area contributed by atoms with Gasteiger partial charge in [0.2, 0.25) is 5.91 Å². The Labute approximate surface area is 131 Å². The van der Waals surface area contributed by atoms with Crippen molar-refractivity contribution in [1.29, 1.82) is 0 Å². The van der Waals surface area contributed by atoms with Gasteiger partial charge in [-0.2, -0.15) is 0 Å². The van der Waals surface area contributed by atoms with Gasteiger partial charge in [0.15, 0.2) is 5.78 Å². The van der Waals surface area contributed by atoms with Crippen molar-refractivity contribution < 1.29 is 14.3 Å². The number of ketones is 1. The van der Waals surface area contributed by atoms with Gasteiger partial charge < -0.3 is 10.1 Å². The van der Waals surface area contributed by atoms with E-state index in [4.69, 9.17) is 4.74 Å². The molecule has 22 heavy (non-hydrogen) atoms. The molecular weight excluding hydrogens is 278 g/mol. The summed E-state index contributed by atoms with van der Waals surface area (Å²) >= 11 is 0. The normalized spacial score (nSPS) is 20.0. The van der Waals surface area contributed by atoms with Crippen molar-refractivity contribution in [2.45, 2.75) is 38.7 Å². The van der Waals surface area contributed by atoms with Gasteiger partial charge in [0.1, 0.15) is 11.9 Å². The van der Waals surface area contributed by atoms with Crippen molar-refractivity contribution >= 4 is 11.7 Å². The Morgan fingerprint density at radius 2 is 2.14 bits per heavy atom. The van der Waals surface area contributed by atoms with E-state index in [0.717, 1.165) is 12.8 Å². The van der Waals surface area contributed by atoms with Crippen LogP contribution in [0.25, 0.3) is 0 Å². The molecular formula is C18H23NO3. The molecule has 1 amide bonds. The van der Waals surface area contributed by atoms with Crippen LogP contribution < -0.4 is 10.1 Å². The van der Waals surface area contributed by atoms with Crippen molar-refractivity contribution in [2.24, 2.45) is 5.92 Å². The third-order valence-electron chi connectivity index (χ3n) is 3.92. The molecule has 0 aliphatic carbocycles. The van der Waals surface area contributed by atoms with E-state index in [2.05, 4.69) is 18.8 Å². The lowest BCUT2D eigenvalue weighted by molar-refractivity contribution is -0.121. The third kappa shape index (κ3) is 3.75. The van der Waals surface area contributed by atoms with E-state index >= 15 is 0 Å². The van der Waals surface area contributed by atoms with Gasteiger partial charge in [-0.3, -0.25) is 9.59 Å². The van der Waals surface area contributed by atoms with Crippen LogP contribution in [0.1, 0.15) is 43.0 Å². The number of rotatable bonds is 7. The van der Waals surface area contributed by atoms with E-state index < -0.39 is 0 Å². The highest BCUT2D eigenvalue weighted by Crippen LogP contribution is 2.34. The van der Waals surface area contributed by atoms with Crippen LogP contribution in [0.3, 0.4) is 0 Å². The fourth-order valence-corrected chi connectivity index (χ4v) is 2.81. The summed E-state index contributed by atoms with van der Waals surface area (Å²) in [4.78, 5) is 24.5. The molecule has 2 unspecified atom stereocenters. The van der Waals surface area contributed by atoms with E-state index in [9.17, 15) is 9.59 Å². The molecule has 0 saturated heterocycles. The first-order valence-electron chi connectivity index (χ1n) is 7.84. The zero-order chi connectivity index (χ0) is 15.9. The molecule has 1 aliphatic rings. The number of carbonyl (C=O) groups is 2. The molecule has 118 valence electrons. The number of para-hydroxylation sites is 1. The highest BCUT2D eigenvalue weighted by molar-refractivity contribution is 6.01. The number of nitrogens with one attached hydrogen (secondary N) is 1. The lowest BCUT2D eigenvalue weighted by Gasteiger charge is -2.32. The molecule has 0 fully saturated rings. The van der Waals surface area contributed by atoms with Crippen LogP contribution in [-0.2, 0) is 4.79 Å². The van der Waals surface area contributed by atoms with Gasteiger partial charge in [-0.1, -0.05) is 31.6 Å². The molecule has 0 bridgehead atoms. The maximum atomic E-state index is 12.7. The standard InChI is InChI=1S/C18H23NO3/c1-3-7-15-14(10-11-17(20)19-12-4-2)18(21)13-8-5-6-9-16(13)22-15/h4-6,8-9,14-15H,2-3,7,10-12H2,1H3,(H,19,20). The number of amides is 1. The Morgan fingerprint density at radius 1 is 1.36 bits per heavy atom.